The fraction of sp³-hybridized carbons (Fsp3) is 0.0833. The van der Waals surface area contributed by atoms with Crippen LogP contribution in [0.4, 0.5) is 0 Å². The normalized spacial score (nSPS) is 12.3. The number of carbonyl (C=O) groups is 1. The van der Waals surface area contributed by atoms with Crippen molar-refractivity contribution in [2.45, 2.75) is 10.6 Å². The molecule has 0 amide bonds. The van der Waals surface area contributed by atoms with Crippen LogP contribution in [0.2, 0.25) is 4.34 Å². The third-order valence-electron chi connectivity index (χ3n) is 2.27. The predicted molar refractivity (Wildman–Crippen MR) is 72.8 cm³/mol. The average Bonchev–Trinajstić information content (AvgIpc) is 2.75. The summed E-state index contributed by atoms with van der Waals surface area (Å²) in [5.74, 6) is -0.596. The van der Waals surface area contributed by atoms with Crippen LogP contribution in [0.5, 0.6) is 0 Å². The highest BCUT2D eigenvalue weighted by molar-refractivity contribution is 7.84. The van der Waals surface area contributed by atoms with Gasteiger partial charge in [0, 0.05) is 9.77 Å². The van der Waals surface area contributed by atoms with Crippen molar-refractivity contribution >= 4 is 39.7 Å². The lowest BCUT2D eigenvalue weighted by molar-refractivity contribution is 0.0697. The molecule has 6 heteroatoms. The van der Waals surface area contributed by atoms with E-state index in [1.807, 2.05) is 6.07 Å². The van der Waals surface area contributed by atoms with Crippen LogP contribution in [-0.2, 0) is 16.6 Å². The Morgan fingerprint density at radius 2 is 1.89 bits per heavy atom. The molecule has 0 aliphatic heterocycles. The minimum Gasteiger partial charge on any atom is -0.478 e. The number of halogens is 1. The van der Waals surface area contributed by atoms with Crippen LogP contribution >= 0.6 is 22.9 Å². The van der Waals surface area contributed by atoms with E-state index in [0.29, 0.717) is 15.0 Å². The van der Waals surface area contributed by atoms with E-state index in [1.54, 1.807) is 18.2 Å². The van der Waals surface area contributed by atoms with Crippen LogP contribution in [0, 0.1) is 0 Å². The second kappa shape index (κ2) is 5.65. The SMILES string of the molecule is O=C(O)c1ccc(S(=O)Cc2ccc(Cl)s2)cc1. The number of hydrogen-bond donors (Lipinski definition) is 1. The molecule has 1 atom stereocenters. The van der Waals surface area contributed by atoms with Gasteiger partial charge in [-0.2, -0.15) is 0 Å². The quantitative estimate of drug-likeness (QED) is 0.941. The zero-order chi connectivity index (χ0) is 13.1. The zero-order valence-electron chi connectivity index (χ0n) is 9.13. The molecule has 0 fully saturated rings. The number of aromatic carboxylic acids is 1. The van der Waals surface area contributed by atoms with Crippen molar-refractivity contribution in [1.29, 1.82) is 0 Å². The van der Waals surface area contributed by atoms with Gasteiger partial charge in [-0.25, -0.2) is 4.79 Å². The third kappa shape index (κ3) is 3.19. The number of hydrogen-bond acceptors (Lipinski definition) is 3. The van der Waals surface area contributed by atoms with Crippen LogP contribution in [0.25, 0.3) is 0 Å². The summed E-state index contributed by atoms with van der Waals surface area (Å²) >= 11 is 7.20. The van der Waals surface area contributed by atoms with Gasteiger partial charge >= 0.3 is 5.97 Å². The monoisotopic (exact) mass is 300 g/mol. The van der Waals surface area contributed by atoms with Crippen LogP contribution < -0.4 is 0 Å². The molecule has 1 N–H and O–H groups in total. The van der Waals surface area contributed by atoms with Gasteiger partial charge in [-0.3, -0.25) is 4.21 Å². The summed E-state index contributed by atoms with van der Waals surface area (Å²) in [6.07, 6.45) is 0. The molecule has 0 bridgehead atoms. The molecule has 1 aromatic carbocycles. The molecular weight excluding hydrogens is 292 g/mol. The fourth-order valence-corrected chi connectivity index (χ4v) is 3.79. The van der Waals surface area contributed by atoms with Crippen LogP contribution in [0.3, 0.4) is 0 Å². The Kier molecular flexibility index (Phi) is 4.16. The Hall–Kier alpha value is -1.17. The highest BCUT2D eigenvalue weighted by Gasteiger charge is 2.08. The Morgan fingerprint density at radius 3 is 2.39 bits per heavy atom. The minimum absolute atomic E-state index is 0.190. The van der Waals surface area contributed by atoms with Crippen molar-refractivity contribution in [2.75, 3.05) is 0 Å². The molecule has 18 heavy (non-hydrogen) atoms. The summed E-state index contributed by atoms with van der Waals surface area (Å²) in [4.78, 5) is 12.2. The van der Waals surface area contributed by atoms with Gasteiger partial charge in [-0.15, -0.1) is 11.3 Å². The molecule has 1 aromatic heterocycles. The van der Waals surface area contributed by atoms with Gasteiger partial charge in [0.05, 0.1) is 26.5 Å². The van der Waals surface area contributed by atoms with Crippen molar-refractivity contribution in [3.05, 3.63) is 51.2 Å². The molecule has 0 spiro atoms. The lowest BCUT2D eigenvalue weighted by Gasteiger charge is -2.01. The summed E-state index contributed by atoms with van der Waals surface area (Å²) < 4.78 is 12.7. The van der Waals surface area contributed by atoms with Gasteiger partial charge in [-0.05, 0) is 36.4 Å². The average molecular weight is 301 g/mol. The van der Waals surface area contributed by atoms with Crippen molar-refractivity contribution in [2.24, 2.45) is 0 Å². The molecule has 3 nitrogen and oxygen atoms in total. The van der Waals surface area contributed by atoms with Crippen molar-refractivity contribution in [1.82, 2.24) is 0 Å². The van der Waals surface area contributed by atoms with E-state index in [2.05, 4.69) is 0 Å². The largest absolute Gasteiger partial charge is 0.478 e. The second-order valence-corrected chi connectivity index (χ2v) is 6.78. The van der Waals surface area contributed by atoms with Crippen molar-refractivity contribution < 1.29 is 14.1 Å². The number of benzene rings is 1. The Labute approximate surface area is 115 Å². The van der Waals surface area contributed by atoms with E-state index in [1.165, 1.54) is 23.5 Å². The van der Waals surface area contributed by atoms with Crippen molar-refractivity contribution in [3.8, 4) is 0 Å². The lowest BCUT2D eigenvalue weighted by Crippen LogP contribution is -1.98. The first kappa shape index (κ1) is 13.3. The number of carboxylic acid groups (broad SMARTS) is 1. The van der Waals surface area contributed by atoms with Crippen LogP contribution in [0.15, 0.2) is 41.3 Å². The van der Waals surface area contributed by atoms with Gasteiger partial charge in [-0.1, -0.05) is 11.6 Å². The van der Waals surface area contributed by atoms with Crippen LogP contribution in [0.1, 0.15) is 15.2 Å². The molecule has 0 aliphatic carbocycles. The summed E-state index contributed by atoms with van der Waals surface area (Å²) in [7, 11) is -1.18. The van der Waals surface area contributed by atoms with Gasteiger partial charge in [0.15, 0.2) is 0 Å². The maximum atomic E-state index is 12.0. The Morgan fingerprint density at radius 1 is 1.22 bits per heavy atom. The molecule has 0 radical (unpaired) electrons. The van der Waals surface area contributed by atoms with Crippen LogP contribution in [-0.4, -0.2) is 15.3 Å². The first-order valence-electron chi connectivity index (χ1n) is 5.02. The van der Waals surface area contributed by atoms with E-state index in [0.717, 1.165) is 4.88 Å². The molecule has 2 aromatic rings. The molecule has 94 valence electrons. The molecule has 1 heterocycles. The van der Waals surface area contributed by atoms with E-state index < -0.39 is 16.8 Å². The first-order valence-corrected chi connectivity index (χ1v) is 7.53. The molecule has 2 rings (SSSR count). The third-order valence-corrected chi connectivity index (χ3v) is 5.05. The van der Waals surface area contributed by atoms with Crippen molar-refractivity contribution in [3.63, 3.8) is 0 Å². The zero-order valence-corrected chi connectivity index (χ0v) is 11.5. The van der Waals surface area contributed by atoms with Gasteiger partial charge in [0.1, 0.15) is 0 Å². The smallest absolute Gasteiger partial charge is 0.335 e. The molecular formula is C12H9ClO3S2. The van der Waals surface area contributed by atoms with E-state index in [4.69, 9.17) is 16.7 Å². The standard InChI is InChI=1S/C12H9ClO3S2/c13-11-6-3-9(17-11)7-18(16)10-4-1-8(2-5-10)12(14)15/h1-6H,7H2,(H,14,15). The Bertz CT molecular complexity index is 590. The summed E-state index contributed by atoms with van der Waals surface area (Å²) in [6.45, 7) is 0. The van der Waals surface area contributed by atoms with Gasteiger partial charge < -0.3 is 5.11 Å². The Balaban J connectivity index is 2.11. The summed E-state index contributed by atoms with van der Waals surface area (Å²) in [6, 6.07) is 9.68. The highest BCUT2D eigenvalue weighted by Crippen LogP contribution is 2.24. The minimum atomic E-state index is -1.18. The number of rotatable bonds is 4. The molecule has 0 saturated heterocycles. The lowest BCUT2D eigenvalue weighted by atomic mass is 10.2. The second-order valence-electron chi connectivity index (χ2n) is 3.53. The van der Waals surface area contributed by atoms with Gasteiger partial charge in [0.2, 0.25) is 0 Å². The number of thiophene rings is 1. The molecule has 1 unspecified atom stereocenters. The fourth-order valence-electron chi connectivity index (χ4n) is 1.39. The molecule has 0 aliphatic rings. The first-order chi connectivity index (χ1) is 8.56. The van der Waals surface area contributed by atoms with Gasteiger partial charge in [0.25, 0.3) is 0 Å². The maximum absolute atomic E-state index is 12.0. The van der Waals surface area contributed by atoms with E-state index in [9.17, 15) is 9.00 Å². The van der Waals surface area contributed by atoms with E-state index in [-0.39, 0.29) is 5.56 Å². The summed E-state index contributed by atoms with van der Waals surface area (Å²) in [5, 5.41) is 8.76. The highest BCUT2D eigenvalue weighted by atomic mass is 35.5. The maximum Gasteiger partial charge on any atom is 0.335 e. The number of carboxylic acids is 1. The summed E-state index contributed by atoms with van der Waals surface area (Å²) in [5.41, 5.74) is 0.190. The predicted octanol–water partition coefficient (Wildman–Crippen LogP) is 3.41. The molecule has 0 saturated carbocycles. The topological polar surface area (TPSA) is 54.4 Å². The van der Waals surface area contributed by atoms with E-state index >= 15 is 0 Å².